The fourth-order valence-corrected chi connectivity index (χ4v) is 6.33. The summed E-state index contributed by atoms with van der Waals surface area (Å²) in [6.45, 7) is 2.09. The number of aliphatic carboxylic acids is 1. The number of carbonyl (C=O) groups excluding carboxylic acids is 1. The molecule has 1 N–H and O–H groups in total. The number of hydrazone groups is 1. The Labute approximate surface area is 207 Å². The third-order valence-electron chi connectivity index (χ3n) is 6.53. The van der Waals surface area contributed by atoms with Crippen LogP contribution in [0.25, 0.3) is 11.6 Å². The van der Waals surface area contributed by atoms with Gasteiger partial charge in [0.1, 0.15) is 16.8 Å². The molecule has 0 unspecified atom stereocenters. The molecule has 4 heterocycles. The minimum atomic E-state index is -4.76. The fraction of sp³-hybridized carbons (Fsp3) is 0.417. The van der Waals surface area contributed by atoms with E-state index in [-0.39, 0.29) is 20.7 Å². The van der Waals surface area contributed by atoms with Crippen molar-refractivity contribution in [2.24, 2.45) is 5.10 Å². The highest BCUT2D eigenvalue weighted by Crippen LogP contribution is 2.36. The number of thiazole rings is 1. The Morgan fingerprint density at radius 2 is 1.81 bits per heavy atom. The molecule has 1 aromatic carbocycles. The number of hydrogen-bond acceptors (Lipinski definition) is 6. The predicted molar refractivity (Wildman–Crippen MR) is 129 cm³/mol. The van der Waals surface area contributed by atoms with E-state index in [9.17, 15) is 32.7 Å². The molecule has 12 heteroatoms. The zero-order valence-corrected chi connectivity index (χ0v) is 20.2. The lowest BCUT2D eigenvalue weighted by Gasteiger charge is -2.37. The van der Waals surface area contributed by atoms with Gasteiger partial charge in [-0.25, -0.2) is 9.80 Å². The highest BCUT2D eigenvalue weighted by Gasteiger charge is 2.42. The topological polar surface area (TPSA) is 95.2 Å². The van der Waals surface area contributed by atoms with Crippen LogP contribution in [0.15, 0.2) is 22.0 Å². The smallest absolute Gasteiger partial charge is 0.408 e. The zero-order valence-electron chi connectivity index (χ0n) is 19.4. The highest BCUT2D eigenvalue weighted by atomic mass is 32.1. The van der Waals surface area contributed by atoms with Gasteiger partial charge in [0.05, 0.1) is 4.53 Å². The van der Waals surface area contributed by atoms with Gasteiger partial charge in [0.15, 0.2) is 5.71 Å². The van der Waals surface area contributed by atoms with E-state index in [0.29, 0.717) is 0 Å². The molecular formula is C24H23F3N4O4S. The van der Waals surface area contributed by atoms with Crippen LogP contribution in [-0.2, 0) is 29.0 Å². The normalized spacial score (nSPS) is 19.6. The van der Waals surface area contributed by atoms with Crippen molar-refractivity contribution in [1.82, 2.24) is 9.58 Å². The summed E-state index contributed by atoms with van der Waals surface area (Å²) in [5, 5.41) is 13.0. The van der Waals surface area contributed by atoms with Crippen LogP contribution < -0.4 is 19.7 Å². The number of carbonyl (C=O) groups is 2. The summed E-state index contributed by atoms with van der Waals surface area (Å²) in [6, 6.07) is 4.10. The van der Waals surface area contributed by atoms with Crippen molar-refractivity contribution in [2.75, 3.05) is 24.5 Å². The number of aromatic nitrogens is 1. The van der Waals surface area contributed by atoms with E-state index in [1.807, 2.05) is 0 Å². The summed E-state index contributed by atoms with van der Waals surface area (Å²) >= 11 is 0.888. The van der Waals surface area contributed by atoms with Crippen molar-refractivity contribution in [2.45, 2.75) is 45.3 Å². The average Bonchev–Trinajstić information content (AvgIpc) is 3.29. The van der Waals surface area contributed by atoms with Gasteiger partial charge in [-0.15, -0.1) is 11.3 Å². The van der Waals surface area contributed by atoms with Crippen molar-refractivity contribution in [1.29, 1.82) is 0 Å². The summed E-state index contributed by atoms with van der Waals surface area (Å²) in [6.07, 6.45) is 0.920. The number of amides is 1. The third-order valence-corrected chi connectivity index (χ3v) is 7.66. The molecule has 2 aromatic rings. The fourth-order valence-electron chi connectivity index (χ4n) is 5.12. The average molecular weight is 521 g/mol. The summed E-state index contributed by atoms with van der Waals surface area (Å²) in [5.41, 5.74) is 2.80. The van der Waals surface area contributed by atoms with Crippen molar-refractivity contribution in [3.63, 3.8) is 0 Å². The summed E-state index contributed by atoms with van der Waals surface area (Å²) in [7, 11) is 0. The van der Waals surface area contributed by atoms with E-state index in [4.69, 9.17) is 0 Å². The number of carboxylic acid groups (broad SMARTS) is 1. The molecule has 5 rings (SSSR count). The first-order valence-corrected chi connectivity index (χ1v) is 12.5. The van der Waals surface area contributed by atoms with Crippen molar-refractivity contribution >= 4 is 46.3 Å². The van der Waals surface area contributed by atoms with Crippen LogP contribution in [0, 0.1) is 0 Å². The first-order chi connectivity index (χ1) is 17.1. The summed E-state index contributed by atoms with van der Waals surface area (Å²) < 4.78 is 40.2. The van der Waals surface area contributed by atoms with Crippen LogP contribution in [0.1, 0.15) is 36.5 Å². The molecule has 3 aliphatic heterocycles. The van der Waals surface area contributed by atoms with Gasteiger partial charge in [0, 0.05) is 25.3 Å². The quantitative estimate of drug-likeness (QED) is 0.659. The van der Waals surface area contributed by atoms with E-state index in [2.05, 4.69) is 22.1 Å². The third kappa shape index (κ3) is 4.23. The molecule has 0 atom stereocenters. The zero-order chi connectivity index (χ0) is 25.8. The minimum Gasteiger partial charge on any atom is -0.476 e. The first kappa shape index (κ1) is 24.3. The van der Waals surface area contributed by atoms with Crippen molar-refractivity contribution < 1.29 is 27.9 Å². The summed E-state index contributed by atoms with van der Waals surface area (Å²) in [5.74, 6) is -2.84. The lowest BCUT2D eigenvalue weighted by molar-refractivity contribution is -0.156. The number of alkyl halides is 3. The van der Waals surface area contributed by atoms with E-state index < -0.39 is 41.4 Å². The number of anilines is 1. The second-order valence-electron chi connectivity index (χ2n) is 8.95. The van der Waals surface area contributed by atoms with Gasteiger partial charge < -0.3 is 10.0 Å². The Balaban J connectivity index is 1.67. The van der Waals surface area contributed by atoms with Gasteiger partial charge in [-0.2, -0.15) is 18.3 Å². The molecule has 3 aliphatic rings. The molecule has 0 fully saturated rings. The highest BCUT2D eigenvalue weighted by molar-refractivity contribution is 7.08. The van der Waals surface area contributed by atoms with Gasteiger partial charge >= 0.3 is 12.1 Å². The van der Waals surface area contributed by atoms with Gasteiger partial charge in [-0.3, -0.25) is 14.2 Å². The molecule has 0 saturated carbocycles. The molecule has 8 nitrogen and oxygen atoms in total. The number of hydrogen-bond donors (Lipinski definition) is 1. The molecule has 0 radical (unpaired) electrons. The van der Waals surface area contributed by atoms with E-state index in [1.54, 1.807) is 13.0 Å². The van der Waals surface area contributed by atoms with Gasteiger partial charge in [-0.05, 0) is 67.5 Å². The minimum absolute atomic E-state index is 0.0185. The van der Waals surface area contributed by atoms with Crippen molar-refractivity contribution in [3.8, 4) is 0 Å². The van der Waals surface area contributed by atoms with Gasteiger partial charge in [0.2, 0.25) is 0 Å². The van der Waals surface area contributed by atoms with Crippen LogP contribution in [-0.4, -0.2) is 58.1 Å². The molecule has 0 saturated heterocycles. The maximum Gasteiger partial charge on any atom is 0.408 e. The van der Waals surface area contributed by atoms with E-state index >= 15 is 0 Å². The summed E-state index contributed by atoms with van der Waals surface area (Å²) in [4.78, 5) is 40.2. The Morgan fingerprint density at radius 1 is 1.17 bits per heavy atom. The number of halogens is 3. The van der Waals surface area contributed by atoms with Crippen LogP contribution in [0.2, 0.25) is 0 Å². The van der Waals surface area contributed by atoms with Gasteiger partial charge in [-0.1, -0.05) is 0 Å². The molecule has 0 aliphatic carbocycles. The number of aryl methyl sites for hydroxylation is 2. The Morgan fingerprint density at radius 3 is 2.36 bits per heavy atom. The van der Waals surface area contributed by atoms with Crippen molar-refractivity contribution in [3.05, 3.63) is 48.4 Å². The van der Waals surface area contributed by atoms with E-state index in [1.165, 1.54) is 21.4 Å². The number of carboxylic acids is 1. The monoisotopic (exact) mass is 520 g/mol. The van der Waals surface area contributed by atoms with Crippen LogP contribution in [0.3, 0.4) is 0 Å². The standard InChI is InChI=1S/C24H23F3N4O4S/c1-2-30-20(32)16(11-13-9-14-5-3-7-29-8-4-6-15(10-13)19(14)29)36-22(30)17-18(23(34)35)28-31(21(17)33)12-24(25,26)27/h9-11H,2-8,12H2,1H3,(H,34,35)/b16-11+,22-17+. The Hall–Kier alpha value is -3.41. The molecule has 0 bridgehead atoms. The molecule has 1 aromatic heterocycles. The molecule has 0 spiro atoms. The SMILES string of the molecule is CCn1c(=O)/c(=C\c2cc3c4c(c2)CCCN4CCC3)s/c1=C1/C(=O)N(CC(F)(F)F)N=C1C(=O)O. The maximum absolute atomic E-state index is 13.2. The number of benzene rings is 1. The van der Waals surface area contributed by atoms with E-state index in [0.717, 1.165) is 55.7 Å². The number of nitrogens with zero attached hydrogens (tertiary/aromatic N) is 4. The second-order valence-corrected chi connectivity index (χ2v) is 9.98. The van der Waals surface area contributed by atoms with Gasteiger partial charge in [0.25, 0.3) is 11.5 Å². The number of rotatable bonds is 4. The van der Waals surface area contributed by atoms with Crippen LogP contribution >= 0.6 is 11.3 Å². The maximum atomic E-state index is 13.2. The first-order valence-electron chi connectivity index (χ1n) is 11.6. The Bertz CT molecular complexity index is 1460. The lowest BCUT2D eigenvalue weighted by atomic mass is 9.90. The Kier molecular flexibility index (Phi) is 6.01. The predicted octanol–water partition coefficient (Wildman–Crippen LogP) is 1.45. The molecular weight excluding hydrogens is 497 g/mol. The molecule has 190 valence electrons. The van der Waals surface area contributed by atoms with Crippen LogP contribution in [0.4, 0.5) is 18.9 Å². The molecule has 1 amide bonds. The largest absolute Gasteiger partial charge is 0.476 e. The van der Waals surface area contributed by atoms with Crippen LogP contribution in [0.5, 0.6) is 0 Å². The lowest BCUT2D eigenvalue weighted by Crippen LogP contribution is -2.36. The second kappa shape index (κ2) is 8.91. The molecule has 36 heavy (non-hydrogen) atoms.